The highest BCUT2D eigenvalue weighted by Gasteiger charge is 2.50. The molecule has 0 amide bonds. The van der Waals surface area contributed by atoms with Gasteiger partial charge in [0.25, 0.3) is 8.32 Å². The molecule has 0 bridgehead atoms. The molecule has 0 aromatic heterocycles. The van der Waals surface area contributed by atoms with Gasteiger partial charge in [-0.2, -0.15) is 0 Å². The van der Waals surface area contributed by atoms with E-state index in [4.69, 9.17) is 16.0 Å². The number of hydrogen-bond donors (Lipinski definition) is 1. The molecular formula is C30H36ClN3OSi. The fourth-order valence-corrected chi connectivity index (χ4v) is 9.46. The lowest BCUT2D eigenvalue weighted by Gasteiger charge is -2.43. The Labute approximate surface area is 221 Å². The van der Waals surface area contributed by atoms with Crippen molar-refractivity contribution in [2.45, 2.75) is 45.0 Å². The van der Waals surface area contributed by atoms with Gasteiger partial charge in [0.1, 0.15) is 0 Å². The van der Waals surface area contributed by atoms with E-state index in [0.29, 0.717) is 13.2 Å². The van der Waals surface area contributed by atoms with Crippen molar-refractivity contribution >= 4 is 42.2 Å². The van der Waals surface area contributed by atoms with Crippen LogP contribution in [0.15, 0.2) is 95.6 Å². The average Bonchev–Trinajstić information content (AvgIpc) is 2.87. The zero-order chi connectivity index (χ0) is 25.8. The highest BCUT2D eigenvalue weighted by molar-refractivity contribution is 6.99. The van der Waals surface area contributed by atoms with Gasteiger partial charge in [0.15, 0.2) is 5.62 Å². The van der Waals surface area contributed by atoms with Crippen molar-refractivity contribution < 1.29 is 4.43 Å². The lowest BCUT2D eigenvalue weighted by Crippen LogP contribution is -2.66. The maximum Gasteiger partial charge on any atom is 0.261 e. The molecule has 3 aromatic carbocycles. The molecule has 1 aliphatic rings. The number of hydrogen-bond acceptors (Lipinski definition) is 4. The zero-order valence-electron chi connectivity index (χ0n) is 21.8. The molecule has 1 aliphatic heterocycles. The number of benzene rings is 3. The minimum Gasteiger partial charge on any atom is -0.403 e. The molecule has 6 heteroatoms. The highest BCUT2D eigenvalue weighted by Crippen LogP contribution is 2.37. The molecule has 0 aliphatic carbocycles. The quantitative estimate of drug-likeness (QED) is 0.229. The summed E-state index contributed by atoms with van der Waals surface area (Å²) < 4.78 is 7.12. The number of halogens is 1. The predicted octanol–water partition coefficient (Wildman–Crippen LogP) is 5.91. The van der Waals surface area contributed by atoms with Gasteiger partial charge in [0.05, 0.1) is 6.61 Å². The third-order valence-corrected chi connectivity index (χ3v) is 12.1. The van der Waals surface area contributed by atoms with Crippen LogP contribution < -0.4 is 15.7 Å². The topological polar surface area (TPSA) is 36.9 Å². The number of nitrogens with one attached hydrogen (secondary N) is 1. The molecule has 36 heavy (non-hydrogen) atoms. The van der Waals surface area contributed by atoms with Crippen LogP contribution in [0.4, 0.5) is 5.69 Å². The van der Waals surface area contributed by atoms with E-state index in [-0.39, 0.29) is 10.7 Å². The molecule has 3 aromatic rings. The second-order valence-electron chi connectivity index (χ2n) is 10.4. The van der Waals surface area contributed by atoms with Gasteiger partial charge in [0.2, 0.25) is 0 Å². The van der Waals surface area contributed by atoms with Gasteiger partial charge in [0, 0.05) is 37.3 Å². The summed E-state index contributed by atoms with van der Waals surface area (Å²) in [4.78, 5) is 6.23. The summed E-state index contributed by atoms with van der Waals surface area (Å²) in [5.74, 6) is 0. The number of rotatable bonds is 8. The van der Waals surface area contributed by atoms with Crippen LogP contribution in [-0.2, 0) is 11.0 Å². The molecule has 1 heterocycles. The summed E-state index contributed by atoms with van der Waals surface area (Å²) in [6.07, 6.45) is 3.87. The first-order chi connectivity index (χ1) is 17.2. The van der Waals surface area contributed by atoms with Gasteiger partial charge >= 0.3 is 0 Å². The van der Waals surface area contributed by atoms with E-state index < -0.39 is 8.32 Å². The molecule has 1 atom stereocenters. The van der Waals surface area contributed by atoms with Crippen molar-refractivity contribution in [2.75, 3.05) is 18.9 Å². The van der Waals surface area contributed by atoms with Crippen molar-refractivity contribution in [3.8, 4) is 0 Å². The summed E-state index contributed by atoms with van der Waals surface area (Å²) in [5, 5.41) is 6.10. The average molecular weight is 518 g/mol. The summed E-state index contributed by atoms with van der Waals surface area (Å²) in [5.41, 5.74) is 4.20. The Kier molecular flexibility index (Phi) is 8.03. The van der Waals surface area contributed by atoms with Crippen molar-refractivity contribution in [1.29, 1.82) is 0 Å². The molecule has 0 fully saturated rings. The number of alkyl halides is 1. The Bertz CT molecular complexity index is 1180. The Morgan fingerprint density at radius 2 is 1.58 bits per heavy atom. The van der Waals surface area contributed by atoms with Crippen LogP contribution in [0, 0.1) is 6.92 Å². The predicted molar refractivity (Wildman–Crippen MR) is 156 cm³/mol. The summed E-state index contributed by atoms with van der Waals surface area (Å²) in [7, 11) is -0.655. The summed E-state index contributed by atoms with van der Waals surface area (Å²) in [6, 6.07) is 28.1. The van der Waals surface area contributed by atoms with Gasteiger partial charge in [-0.1, -0.05) is 105 Å². The van der Waals surface area contributed by atoms with Crippen LogP contribution in [0.2, 0.25) is 5.04 Å². The molecule has 0 spiro atoms. The van der Waals surface area contributed by atoms with Crippen LogP contribution in [0.25, 0.3) is 0 Å². The first-order valence-corrected chi connectivity index (χ1v) is 14.7. The minimum absolute atomic E-state index is 0.0550. The fourth-order valence-electron chi connectivity index (χ4n) is 4.81. The Morgan fingerprint density at radius 3 is 2.14 bits per heavy atom. The molecular weight excluding hydrogens is 482 g/mol. The fraction of sp³-hybridized carbons (Fsp3) is 0.300. The van der Waals surface area contributed by atoms with Crippen LogP contribution >= 0.6 is 11.6 Å². The lowest BCUT2D eigenvalue weighted by atomic mass is 10.1. The molecule has 4 rings (SSSR count). The van der Waals surface area contributed by atoms with Crippen LogP contribution in [-0.4, -0.2) is 38.6 Å². The van der Waals surface area contributed by atoms with Crippen molar-refractivity contribution in [2.24, 2.45) is 4.99 Å². The van der Waals surface area contributed by atoms with Crippen LogP contribution in [0.1, 0.15) is 31.9 Å². The minimum atomic E-state index is -2.59. The third kappa shape index (κ3) is 5.59. The molecule has 0 saturated carbocycles. The second kappa shape index (κ2) is 11.0. The van der Waals surface area contributed by atoms with Gasteiger partial charge in [-0.25, -0.2) is 0 Å². The largest absolute Gasteiger partial charge is 0.403 e. The van der Waals surface area contributed by atoms with Crippen LogP contribution in [0.5, 0.6) is 0 Å². The SMILES string of the molecule is Cc1ccc(CO[Si](c2ccccc2)(c2ccccc2)C(C)(C)C)cc1NCC1=CN(C)C(Cl)N=C1. The number of aliphatic imine (C=N–C) groups is 1. The summed E-state index contributed by atoms with van der Waals surface area (Å²) in [6.45, 7) is 10.3. The number of nitrogens with zero attached hydrogens (tertiary/aromatic N) is 2. The highest BCUT2D eigenvalue weighted by atomic mass is 35.5. The van der Waals surface area contributed by atoms with E-state index in [2.05, 4.69) is 117 Å². The van der Waals surface area contributed by atoms with E-state index >= 15 is 0 Å². The van der Waals surface area contributed by atoms with Gasteiger partial charge in [-0.15, -0.1) is 0 Å². The zero-order valence-corrected chi connectivity index (χ0v) is 23.6. The Morgan fingerprint density at radius 1 is 0.972 bits per heavy atom. The Hall–Kier alpha value is -2.86. The van der Waals surface area contributed by atoms with Crippen molar-refractivity contribution in [1.82, 2.24) is 4.90 Å². The first kappa shape index (κ1) is 26.2. The van der Waals surface area contributed by atoms with E-state index in [1.54, 1.807) is 0 Å². The molecule has 188 valence electrons. The smallest absolute Gasteiger partial charge is 0.261 e. The van der Waals surface area contributed by atoms with Crippen LogP contribution in [0.3, 0.4) is 0 Å². The Balaban J connectivity index is 1.61. The van der Waals surface area contributed by atoms with Gasteiger partial charge in [-0.05, 0) is 39.5 Å². The monoisotopic (exact) mass is 517 g/mol. The van der Waals surface area contributed by atoms with E-state index in [9.17, 15) is 0 Å². The molecule has 4 nitrogen and oxygen atoms in total. The third-order valence-electron chi connectivity index (χ3n) is 6.73. The van der Waals surface area contributed by atoms with Crippen molar-refractivity contribution in [3.05, 3.63) is 102 Å². The molecule has 1 unspecified atom stereocenters. The maximum atomic E-state index is 7.12. The molecule has 1 N–H and O–H groups in total. The number of anilines is 1. The lowest BCUT2D eigenvalue weighted by molar-refractivity contribution is 0.286. The van der Waals surface area contributed by atoms with Gasteiger partial charge in [-0.3, -0.25) is 4.99 Å². The van der Waals surface area contributed by atoms with E-state index in [1.165, 1.54) is 15.9 Å². The normalized spacial score (nSPS) is 16.1. The maximum absolute atomic E-state index is 7.12. The summed E-state index contributed by atoms with van der Waals surface area (Å²) >= 11 is 6.14. The number of aryl methyl sites for hydroxylation is 1. The van der Waals surface area contributed by atoms with Gasteiger partial charge < -0.3 is 14.6 Å². The van der Waals surface area contributed by atoms with E-state index in [1.807, 2.05) is 24.4 Å². The first-order valence-electron chi connectivity index (χ1n) is 12.4. The van der Waals surface area contributed by atoms with E-state index in [0.717, 1.165) is 16.8 Å². The molecule has 0 saturated heterocycles. The second-order valence-corrected chi connectivity index (χ2v) is 15.1. The van der Waals surface area contributed by atoms with Crippen molar-refractivity contribution in [3.63, 3.8) is 0 Å². The standard InChI is InChI=1S/C30H36ClN3OSi/c1-23-16-17-24(18-28(23)32-19-25-20-33-29(31)34(5)21-25)22-35-36(30(2,3)4,26-12-8-6-9-13-26)27-14-10-7-11-15-27/h6-18,20-21,29,32H,19,22H2,1-5H3. The molecule has 0 radical (unpaired) electrons.